The summed E-state index contributed by atoms with van der Waals surface area (Å²) in [6, 6.07) is 0.178. The first-order valence-corrected chi connectivity index (χ1v) is 7.24. The first kappa shape index (κ1) is 14.0. The van der Waals surface area contributed by atoms with Crippen LogP contribution in [0.3, 0.4) is 0 Å². The molecule has 106 valence electrons. The molecule has 1 aromatic heterocycles. The Bertz CT molecular complexity index is 416. The summed E-state index contributed by atoms with van der Waals surface area (Å²) >= 11 is 1.32. The molecule has 2 rings (SSSR count). The molecule has 1 fully saturated rings. The van der Waals surface area contributed by atoms with Gasteiger partial charge in [-0.25, -0.2) is 4.79 Å². The Morgan fingerprint density at radius 1 is 1.63 bits per heavy atom. The second-order valence-corrected chi connectivity index (χ2v) is 6.42. The van der Waals surface area contributed by atoms with Crippen molar-refractivity contribution in [2.45, 2.75) is 45.3 Å². The van der Waals surface area contributed by atoms with Gasteiger partial charge in [-0.05, 0) is 33.6 Å². The van der Waals surface area contributed by atoms with E-state index in [0.29, 0.717) is 6.54 Å². The topological polar surface area (TPSA) is 67.3 Å². The molecule has 0 radical (unpaired) electrons. The Hall–Kier alpha value is -1.37. The van der Waals surface area contributed by atoms with Crippen molar-refractivity contribution in [1.82, 2.24) is 14.5 Å². The van der Waals surface area contributed by atoms with Gasteiger partial charge in [0.2, 0.25) is 0 Å². The van der Waals surface area contributed by atoms with Crippen LogP contribution in [0.5, 0.6) is 0 Å². The number of carbonyl (C=O) groups excluding carboxylic acids is 1. The second-order valence-electron chi connectivity index (χ2n) is 5.63. The van der Waals surface area contributed by atoms with Crippen LogP contribution in [-0.4, -0.2) is 45.3 Å². The van der Waals surface area contributed by atoms with E-state index in [1.165, 1.54) is 11.5 Å². The van der Waals surface area contributed by atoms with Gasteiger partial charge in [0.15, 0.2) is 0 Å². The number of rotatable bonds is 3. The molecule has 1 atom stereocenters. The van der Waals surface area contributed by atoms with Crippen LogP contribution >= 0.6 is 11.5 Å². The highest BCUT2D eigenvalue weighted by molar-refractivity contribution is 7.09. The molecule has 0 aliphatic carbocycles. The lowest BCUT2D eigenvalue weighted by atomic mass is 10.2. The average Bonchev–Trinajstić information content (AvgIpc) is 2.95. The molecule has 1 unspecified atom stereocenters. The van der Waals surface area contributed by atoms with E-state index in [-0.39, 0.29) is 12.1 Å². The molecule has 6 nitrogen and oxygen atoms in total. The van der Waals surface area contributed by atoms with Gasteiger partial charge in [0.1, 0.15) is 10.6 Å². The van der Waals surface area contributed by atoms with Crippen molar-refractivity contribution in [2.24, 2.45) is 0 Å². The van der Waals surface area contributed by atoms with Crippen LogP contribution < -0.4 is 5.32 Å². The molecule has 2 heterocycles. The van der Waals surface area contributed by atoms with Crippen molar-refractivity contribution >= 4 is 22.6 Å². The third kappa shape index (κ3) is 4.05. The minimum atomic E-state index is -0.445. The third-order valence-electron chi connectivity index (χ3n) is 2.88. The number of nitrogens with one attached hydrogen (secondary N) is 1. The molecule has 7 heteroatoms. The Balaban J connectivity index is 1.87. The van der Waals surface area contributed by atoms with Gasteiger partial charge < -0.3 is 15.0 Å². The molecule has 0 bridgehead atoms. The van der Waals surface area contributed by atoms with Gasteiger partial charge in [-0.1, -0.05) is 4.49 Å². The van der Waals surface area contributed by atoms with E-state index in [0.717, 1.165) is 24.4 Å². The van der Waals surface area contributed by atoms with Crippen LogP contribution in [0.25, 0.3) is 0 Å². The summed E-state index contributed by atoms with van der Waals surface area (Å²) in [7, 11) is 0. The number of hydrogen-bond donors (Lipinski definition) is 1. The number of hydrogen-bond acceptors (Lipinski definition) is 6. The maximum Gasteiger partial charge on any atom is 0.410 e. The molecule has 1 aliphatic heterocycles. The Kier molecular flexibility index (Phi) is 4.24. The molecule has 0 aromatic carbocycles. The third-order valence-corrected chi connectivity index (χ3v) is 3.50. The highest BCUT2D eigenvalue weighted by Crippen LogP contribution is 2.21. The minimum absolute atomic E-state index is 0.178. The zero-order valence-electron chi connectivity index (χ0n) is 11.5. The van der Waals surface area contributed by atoms with Crippen LogP contribution in [0.1, 0.15) is 33.6 Å². The predicted molar refractivity (Wildman–Crippen MR) is 74.4 cm³/mol. The van der Waals surface area contributed by atoms with Crippen molar-refractivity contribution in [1.29, 1.82) is 0 Å². The number of aromatic nitrogens is 2. The molecule has 1 amide bonds. The lowest BCUT2D eigenvalue weighted by Gasteiger charge is -2.28. The molecular formula is C12H20N4O2S. The molecule has 1 saturated heterocycles. The van der Waals surface area contributed by atoms with Gasteiger partial charge in [-0.3, -0.25) is 0 Å². The lowest BCUT2D eigenvalue weighted by molar-refractivity contribution is 0.0235. The Morgan fingerprint density at radius 3 is 3.05 bits per heavy atom. The Morgan fingerprint density at radius 2 is 2.42 bits per heavy atom. The molecule has 19 heavy (non-hydrogen) atoms. The van der Waals surface area contributed by atoms with Gasteiger partial charge in [-0.15, -0.1) is 5.10 Å². The molecular weight excluding hydrogens is 264 g/mol. The number of carbonyl (C=O) groups is 1. The van der Waals surface area contributed by atoms with Gasteiger partial charge in [-0.2, -0.15) is 0 Å². The normalized spacial score (nSPS) is 19.5. The molecule has 1 aliphatic rings. The van der Waals surface area contributed by atoms with Crippen molar-refractivity contribution in [3.8, 4) is 0 Å². The van der Waals surface area contributed by atoms with Crippen molar-refractivity contribution in [3.05, 3.63) is 6.20 Å². The summed E-state index contributed by atoms with van der Waals surface area (Å²) in [6.07, 6.45) is 3.49. The summed E-state index contributed by atoms with van der Waals surface area (Å²) < 4.78 is 9.22. The van der Waals surface area contributed by atoms with E-state index in [9.17, 15) is 4.79 Å². The average molecular weight is 284 g/mol. The van der Waals surface area contributed by atoms with Crippen LogP contribution in [0.15, 0.2) is 6.20 Å². The zero-order chi connectivity index (χ0) is 13.9. The summed E-state index contributed by atoms with van der Waals surface area (Å²) in [4.78, 5) is 13.9. The fourth-order valence-corrected chi connectivity index (χ4v) is 2.50. The number of likely N-dealkylation sites (tertiary alicyclic amines) is 1. The predicted octanol–water partition coefficient (Wildman–Crippen LogP) is 2.35. The van der Waals surface area contributed by atoms with Crippen LogP contribution in [0.2, 0.25) is 0 Å². The van der Waals surface area contributed by atoms with Crippen molar-refractivity contribution in [2.75, 3.05) is 18.4 Å². The molecule has 1 N–H and O–H groups in total. The van der Waals surface area contributed by atoms with E-state index in [4.69, 9.17) is 4.74 Å². The summed E-state index contributed by atoms with van der Waals surface area (Å²) in [5.41, 5.74) is -0.445. The summed E-state index contributed by atoms with van der Waals surface area (Å²) in [5, 5.41) is 7.96. The maximum atomic E-state index is 12.1. The minimum Gasteiger partial charge on any atom is -0.444 e. The fourth-order valence-electron chi connectivity index (χ4n) is 2.07. The SMILES string of the molecule is CC(C)(C)OC(=O)N1CCCC1CNc1cnns1. The number of anilines is 1. The van der Waals surface area contributed by atoms with Crippen LogP contribution in [0.4, 0.5) is 9.80 Å². The zero-order valence-corrected chi connectivity index (χ0v) is 12.4. The van der Waals surface area contributed by atoms with E-state index in [1.807, 2.05) is 25.7 Å². The van der Waals surface area contributed by atoms with Crippen LogP contribution in [0, 0.1) is 0 Å². The standard InChI is InChI=1S/C12H20N4O2S/c1-12(2,3)18-11(17)16-6-4-5-9(16)7-13-10-8-14-15-19-10/h8-9,13H,4-7H2,1-3H3. The molecule has 1 aromatic rings. The second kappa shape index (κ2) is 5.73. The smallest absolute Gasteiger partial charge is 0.410 e. The quantitative estimate of drug-likeness (QED) is 0.922. The maximum absolute atomic E-state index is 12.1. The lowest BCUT2D eigenvalue weighted by Crippen LogP contribution is -2.42. The van der Waals surface area contributed by atoms with E-state index < -0.39 is 5.60 Å². The number of nitrogens with zero attached hydrogens (tertiary/aromatic N) is 3. The van der Waals surface area contributed by atoms with E-state index in [1.54, 1.807) is 6.20 Å². The monoisotopic (exact) mass is 284 g/mol. The van der Waals surface area contributed by atoms with Gasteiger partial charge >= 0.3 is 6.09 Å². The van der Waals surface area contributed by atoms with Crippen molar-refractivity contribution < 1.29 is 9.53 Å². The first-order valence-electron chi connectivity index (χ1n) is 6.46. The van der Waals surface area contributed by atoms with Gasteiger partial charge in [0, 0.05) is 24.6 Å². The molecule has 0 spiro atoms. The van der Waals surface area contributed by atoms with Crippen LogP contribution in [-0.2, 0) is 4.74 Å². The van der Waals surface area contributed by atoms with E-state index >= 15 is 0 Å². The van der Waals surface area contributed by atoms with Crippen molar-refractivity contribution in [3.63, 3.8) is 0 Å². The van der Waals surface area contributed by atoms with Gasteiger partial charge in [0.25, 0.3) is 0 Å². The summed E-state index contributed by atoms with van der Waals surface area (Å²) in [6.45, 7) is 7.14. The fraction of sp³-hybridized carbons (Fsp3) is 0.750. The molecule has 0 saturated carbocycles. The Labute approximate surface area is 117 Å². The van der Waals surface area contributed by atoms with E-state index in [2.05, 4.69) is 14.9 Å². The highest BCUT2D eigenvalue weighted by Gasteiger charge is 2.31. The summed E-state index contributed by atoms with van der Waals surface area (Å²) in [5.74, 6) is 0. The number of ether oxygens (including phenoxy) is 1. The highest BCUT2D eigenvalue weighted by atomic mass is 32.1. The van der Waals surface area contributed by atoms with Gasteiger partial charge in [0.05, 0.1) is 12.2 Å². The number of amides is 1. The first-order chi connectivity index (χ1) is 8.96. The largest absolute Gasteiger partial charge is 0.444 e.